The first-order chi connectivity index (χ1) is 9.34. The van der Waals surface area contributed by atoms with Crippen molar-refractivity contribution in [3.8, 4) is 0 Å². The normalized spacial score (nSPS) is 29.2. The van der Waals surface area contributed by atoms with Crippen molar-refractivity contribution in [2.24, 2.45) is 0 Å². The summed E-state index contributed by atoms with van der Waals surface area (Å²) < 4.78 is 5.41. The van der Waals surface area contributed by atoms with Crippen LogP contribution in [0, 0.1) is 0 Å². The van der Waals surface area contributed by atoms with Gasteiger partial charge in [-0.1, -0.05) is 25.7 Å². The van der Waals surface area contributed by atoms with Crippen molar-refractivity contribution in [1.29, 1.82) is 0 Å². The molecule has 0 spiro atoms. The first-order valence-electron chi connectivity index (χ1n) is 7.61. The summed E-state index contributed by atoms with van der Waals surface area (Å²) in [6.45, 7) is 2.04. The minimum atomic E-state index is -0.314. The summed E-state index contributed by atoms with van der Waals surface area (Å²) in [5.74, 6) is 1.39. The molecule has 1 N–H and O–H groups in total. The van der Waals surface area contributed by atoms with Crippen LogP contribution in [-0.4, -0.2) is 34.4 Å². The molecule has 3 rings (SSSR count). The van der Waals surface area contributed by atoms with Crippen LogP contribution in [-0.2, 0) is 0 Å². The predicted octanol–water partition coefficient (Wildman–Crippen LogP) is 2.47. The lowest BCUT2D eigenvalue weighted by Crippen LogP contribution is -2.25. The van der Waals surface area contributed by atoms with Gasteiger partial charge < -0.3 is 14.5 Å². The van der Waals surface area contributed by atoms with Crippen molar-refractivity contribution in [3.63, 3.8) is 0 Å². The molecule has 5 nitrogen and oxygen atoms in total. The minimum Gasteiger partial charge on any atom is -0.392 e. The molecule has 1 aliphatic carbocycles. The Morgan fingerprint density at radius 1 is 1.00 bits per heavy atom. The maximum atomic E-state index is 10.0. The van der Waals surface area contributed by atoms with Crippen molar-refractivity contribution in [2.45, 2.75) is 63.4 Å². The monoisotopic (exact) mass is 265 g/mol. The highest BCUT2D eigenvalue weighted by molar-refractivity contribution is 5.28. The van der Waals surface area contributed by atoms with E-state index in [0.29, 0.717) is 5.89 Å². The van der Waals surface area contributed by atoms with E-state index < -0.39 is 0 Å². The van der Waals surface area contributed by atoms with Crippen molar-refractivity contribution in [2.75, 3.05) is 18.0 Å². The van der Waals surface area contributed by atoms with E-state index in [9.17, 15) is 5.11 Å². The quantitative estimate of drug-likeness (QED) is 0.890. The fourth-order valence-corrected chi connectivity index (χ4v) is 3.18. The second-order valence-electron chi connectivity index (χ2n) is 5.79. The molecule has 1 saturated carbocycles. The van der Waals surface area contributed by atoms with Crippen molar-refractivity contribution >= 4 is 5.95 Å². The number of nitrogens with zero attached hydrogens (tertiary/aromatic N) is 3. The maximum Gasteiger partial charge on any atom is 0.266 e. The fourth-order valence-electron chi connectivity index (χ4n) is 3.18. The zero-order valence-corrected chi connectivity index (χ0v) is 11.4. The smallest absolute Gasteiger partial charge is 0.266 e. The van der Waals surface area contributed by atoms with Crippen LogP contribution >= 0.6 is 0 Å². The van der Waals surface area contributed by atoms with Gasteiger partial charge in [-0.3, -0.25) is 0 Å². The van der Waals surface area contributed by atoms with Crippen LogP contribution in [0.25, 0.3) is 0 Å². The van der Waals surface area contributed by atoms with Gasteiger partial charge in [0.2, 0.25) is 5.89 Å². The molecule has 0 amide bonds. The first-order valence-corrected chi connectivity index (χ1v) is 7.61. The van der Waals surface area contributed by atoms with Gasteiger partial charge in [0.05, 0.1) is 12.0 Å². The molecule has 0 aromatic carbocycles. The molecule has 106 valence electrons. The Morgan fingerprint density at radius 2 is 1.74 bits per heavy atom. The molecule has 2 fully saturated rings. The van der Waals surface area contributed by atoms with E-state index in [1.54, 1.807) is 0 Å². The third kappa shape index (κ3) is 2.91. The Bertz CT molecular complexity index is 399. The molecule has 0 bridgehead atoms. The van der Waals surface area contributed by atoms with Gasteiger partial charge in [-0.05, 0) is 30.8 Å². The van der Waals surface area contributed by atoms with Crippen LogP contribution in [0.4, 0.5) is 5.95 Å². The average molecular weight is 265 g/mol. The molecule has 2 aliphatic rings. The van der Waals surface area contributed by atoms with Crippen molar-refractivity contribution in [1.82, 2.24) is 10.1 Å². The second kappa shape index (κ2) is 5.90. The van der Waals surface area contributed by atoms with Crippen molar-refractivity contribution < 1.29 is 9.63 Å². The summed E-state index contributed by atoms with van der Waals surface area (Å²) in [5, 5.41) is 14.2. The number of hydrogen-bond acceptors (Lipinski definition) is 5. The SMILES string of the molecule is OC1CCCCC1c1nc(N2CCCCCC2)no1. The van der Waals surface area contributed by atoms with Gasteiger partial charge in [-0.25, -0.2) is 0 Å². The minimum absolute atomic E-state index is 0.0435. The third-order valence-corrected chi connectivity index (χ3v) is 4.37. The Morgan fingerprint density at radius 3 is 2.47 bits per heavy atom. The summed E-state index contributed by atoms with van der Waals surface area (Å²) in [6.07, 6.45) is 8.74. The number of aliphatic hydroxyl groups excluding tert-OH is 1. The predicted molar refractivity (Wildman–Crippen MR) is 72.2 cm³/mol. The van der Waals surface area contributed by atoms with Crippen LogP contribution in [0.5, 0.6) is 0 Å². The summed E-state index contributed by atoms with van der Waals surface area (Å²) in [5.41, 5.74) is 0. The van der Waals surface area contributed by atoms with Crippen molar-refractivity contribution in [3.05, 3.63) is 5.89 Å². The van der Waals surface area contributed by atoms with Crippen LogP contribution < -0.4 is 4.90 Å². The first kappa shape index (κ1) is 12.9. The number of anilines is 1. The van der Waals surface area contributed by atoms with Crippen LogP contribution in [0.1, 0.15) is 63.2 Å². The van der Waals surface area contributed by atoms with E-state index >= 15 is 0 Å². The molecule has 5 heteroatoms. The molecule has 2 unspecified atom stereocenters. The van der Waals surface area contributed by atoms with E-state index in [1.807, 2.05) is 0 Å². The standard InChI is InChI=1S/C14H23N3O2/c18-12-8-4-3-7-11(12)13-15-14(16-19-13)17-9-5-1-2-6-10-17/h11-12,18H,1-10H2. The molecule has 0 radical (unpaired) electrons. The van der Waals surface area contributed by atoms with Gasteiger partial charge in [-0.2, -0.15) is 4.98 Å². The topological polar surface area (TPSA) is 62.4 Å². The van der Waals surface area contributed by atoms with Crippen LogP contribution in [0.2, 0.25) is 0 Å². The molecule has 2 heterocycles. The zero-order valence-electron chi connectivity index (χ0n) is 11.4. The van der Waals surface area contributed by atoms with E-state index in [-0.39, 0.29) is 12.0 Å². The van der Waals surface area contributed by atoms with Crippen LogP contribution in [0.3, 0.4) is 0 Å². The number of aromatic nitrogens is 2. The van der Waals surface area contributed by atoms with E-state index in [2.05, 4.69) is 15.0 Å². The highest BCUT2D eigenvalue weighted by Crippen LogP contribution is 2.33. The molecule has 1 aliphatic heterocycles. The molecule has 1 saturated heterocycles. The van der Waals surface area contributed by atoms with Gasteiger partial charge >= 0.3 is 0 Å². The lowest BCUT2D eigenvalue weighted by atomic mass is 9.86. The Balaban J connectivity index is 1.71. The summed E-state index contributed by atoms with van der Waals surface area (Å²) in [6, 6.07) is 0. The highest BCUT2D eigenvalue weighted by Gasteiger charge is 2.30. The van der Waals surface area contributed by atoms with Gasteiger partial charge in [0.15, 0.2) is 0 Å². The Labute approximate surface area is 114 Å². The van der Waals surface area contributed by atoms with Crippen LogP contribution in [0.15, 0.2) is 4.52 Å². The summed E-state index contributed by atoms with van der Waals surface area (Å²) in [7, 11) is 0. The maximum absolute atomic E-state index is 10.0. The summed E-state index contributed by atoms with van der Waals surface area (Å²) in [4.78, 5) is 6.76. The van der Waals surface area contributed by atoms with E-state index in [0.717, 1.165) is 44.7 Å². The van der Waals surface area contributed by atoms with Gasteiger partial charge in [0.25, 0.3) is 5.95 Å². The van der Waals surface area contributed by atoms with Gasteiger partial charge in [0, 0.05) is 13.1 Å². The van der Waals surface area contributed by atoms with Gasteiger partial charge in [-0.15, -0.1) is 0 Å². The number of aliphatic hydroxyl groups is 1. The molecule has 1 aromatic heterocycles. The third-order valence-electron chi connectivity index (χ3n) is 4.37. The van der Waals surface area contributed by atoms with Gasteiger partial charge in [0.1, 0.15) is 0 Å². The highest BCUT2D eigenvalue weighted by atomic mass is 16.5. The Hall–Kier alpha value is -1.10. The molecular formula is C14H23N3O2. The summed E-state index contributed by atoms with van der Waals surface area (Å²) >= 11 is 0. The molecule has 1 aromatic rings. The fraction of sp³-hybridized carbons (Fsp3) is 0.857. The largest absolute Gasteiger partial charge is 0.392 e. The molecular weight excluding hydrogens is 242 g/mol. The van der Waals surface area contributed by atoms with E-state index in [4.69, 9.17) is 4.52 Å². The number of hydrogen-bond donors (Lipinski definition) is 1. The van der Waals surface area contributed by atoms with E-state index in [1.165, 1.54) is 25.7 Å². The zero-order chi connectivity index (χ0) is 13.1. The lowest BCUT2D eigenvalue weighted by molar-refractivity contribution is 0.0908. The molecule has 2 atom stereocenters. The Kier molecular flexibility index (Phi) is 4.01. The second-order valence-corrected chi connectivity index (χ2v) is 5.79. The number of rotatable bonds is 2. The lowest BCUT2D eigenvalue weighted by Gasteiger charge is -2.24. The molecule has 19 heavy (non-hydrogen) atoms. The average Bonchev–Trinajstić information content (AvgIpc) is 2.75.